The molecule has 0 N–H and O–H groups in total. The summed E-state index contributed by atoms with van der Waals surface area (Å²) in [5.41, 5.74) is 1.03. The van der Waals surface area contributed by atoms with Gasteiger partial charge in [0.15, 0.2) is 12.4 Å². The summed E-state index contributed by atoms with van der Waals surface area (Å²) in [5, 5.41) is 3.83. The van der Waals surface area contributed by atoms with Crippen molar-refractivity contribution in [1.82, 2.24) is 15.0 Å². The van der Waals surface area contributed by atoms with Crippen molar-refractivity contribution in [1.29, 1.82) is 0 Å². The van der Waals surface area contributed by atoms with E-state index in [0.717, 1.165) is 30.7 Å². The second-order valence-electron chi connectivity index (χ2n) is 5.91. The first-order valence-electron chi connectivity index (χ1n) is 7.90. The lowest BCUT2D eigenvalue weighted by Gasteiger charge is -2.31. The maximum Gasteiger partial charge on any atom is 0.260 e. The van der Waals surface area contributed by atoms with Crippen molar-refractivity contribution in [2.45, 2.75) is 32.6 Å². The molecule has 1 saturated heterocycles. The summed E-state index contributed by atoms with van der Waals surface area (Å²) in [7, 11) is 0. The number of carbonyl (C=O) groups excluding carboxylic acids is 1. The molecule has 0 aliphatic carbocycles. The number of benzene rings is 1. The minimum atomic E-state index is -0.00538. The fraction of sp³-hybridized carbons (Fsp3) is 0.471. The third kappa shape index (κ3) is 3.70. The van der Waals surface area contributed by atoms with E-state index < -0.39 is 0 Å². The number of aryl methyl sites for hydroxylation is 2. The number of amides is 1. The van der Waals surface area contributed by atoms with Crippen molar-refractivity contribution in [2.75, 3.05) is 19.7 Å². The minimum absolute atomic E-state index is 0.00538. The fourth-order valence-electron chi connectivity index (χ4n) is 2.83. The van der Waals surface area contributed by atoms with Crippen LogP contribution in [-0.4, -0.2) is 40.6 Å². The van der Waals surface area contributed by atoms with Gasteiger partial charge in [-0.2, -0.15) is 4.98 Å². The van der Waals surface area contributed by atoms with Crippen LogP contribution >= 0.6 is 0 Å². The third-order valence-corrected chi connectivity index (χ3v) is 4.11. The average Bonchev–Trinajstić information content (AvgIpc) is 3.00. The Morgan fingerprint density at radius 2 is 2.22 bits per heavy atom. The SMILES string of the molecule is Cc1noc([C@H]2CCCN(C(=O)COc3ccccc3C)C2)n1. The van der Waals surface area contributed by atoms with Crippen LogP contribution in [0.5, 0.6) is 5.75 Å². The van der Waals surface area contributed by atoms with Crippen LogP contribution in [0, 0.1) is 13.8 Å². The maximum absolute atomic E-state index is 12.4. The molecule has 1 aliphatic rings. The molecule has 1 fully saturated rings. The number of nitrogens with zero attached hydrogens (tertiary/aromatic N) is 3. The summed E-state index contributed by atoms with van der Waals surface area (Å²) in [6.45, 7) is 5.18. The summed E-state index contributed by atoms with van der Waals surface area (Å²) < 4.78 is 10.9. The highest BCUT2D eigenvalue weighted by atomic mass is 16.5. The van der Waals surface area contributed by atoms with Crippen LogP contribution in [0.15, 0.2) is 28.8 Å². The van der Waals surface area contributed by atoms with E-state index in [1.54, 1.807) is 6.92 Å². The van der Waals surface area contributed by atoms with Crippen molar-refractivity contribution >= 4 is 5.91 Å². The van der Waals surface area contributed by atoms with Crippen LogP contribution in [0.2, 0.25) is 0 Å². The Bertz CT molecular complexity index is 683. The molecule has 0 saturated carbocycles. The summed E-state index contributed by atoms with van der Waals surface area (Å²) in [6, 6.07) is 7.70. The van der Waals surface area contributed by atoms with Gasteiger partial charge in [-0.3, -0.25) is 4.79 Å². The Morgan fingerprint density at radius 1 is 1.39 bits per heavy atom. The van der Waals surface area contributed by atoms with E-state index in [2.05, 4.69) is 10.1 Å². The lowest BCUT2D eigenvalue weighted by molar-refractivity contribution is -0.134. The molecule has 6 nitrogen and oxygen atoms in total. The van der Waals surface area contributed by atoms with Gasteiger partial charge in [0.25, 0.3) is 5.91 Å². The molecule has 1 amide bonds. The zero-order valence-corrected chi connectivity index (χ0v) is 13.5. The molecule has 6 heteroatoms. The molecule has 0 radical (unpaired) electrons. The van der Waals surface area contributed by atoms with Gasteiger partial charge in [-0.25, -0.2) is 0 Å². The van der Waals surface area contributed by atoms with Crippen LogP contribution < -0.4 is 4.74 Å². The quantitative estimate of drug-likeness (QED) is 0.867. The monoisotopic (exact) mass is 315 g/mol. The Hall–Kier alpha value is -2.37. The number of piperidine rings is 1. The van der Waals surface area contributed by atoms with Crippen LogP contribution in [-0.2, 0) is 4.79 Å². The second kappa shape index (κ2) is 6.81. The van der Waals surface area contributed by atoms with Gasteiger partial charge < -0.3 is 14.2 Å². The molecular formula is C17H21N3O3. The first kappa shape index (κ1) is 15.5. The highest BCUT2D eigenvalue weighted by molar-refractivity contribution is 5.78. The number of aromatic nitrogens is 2. The normalized spacial score (nSPS) is 18.0. The highest BCUT2D eigenvalue weighted by Crippen LogP contribution is 2.26. The molecule has 2 heterocycles. The number of carbonyl (C=O) groups is 1. The summed E-state index contributed by atoms with van der Waals surface area (Å²) in [4.78, 5) is 18.5. The molecule has 122 valence electrons. The lowest BCUT2D eigenvalue weighted by Crippen LogP contribution is -2.41. The van der Waals surface area contributed by atoms with Crippen LogP contribution in [0.25, 0.3) is 0 Å². The Labute approximate surface area is 135 Å². The summed E-state index contributed by atoms with van der Waals surface area (Å²) >= 11 is 0. The molecule has 3 rings (SSSR count). The Balaban J connectivity index is 1.58. The molecule has 23 heavy (non-hydrogen) atoms. The number of rotatable bonds is 4. The fourth-order valence-corrected chi connectivity index (χ4v) is 2.83. The van der Waals surface area contributed by atoms with Crippen LogP contribution in [0.1, 0.15) is 36.0 Å². The van der Waals surface area contributed by atoms with Crippen LogP contribution in [0.3, 0.4) is 0 Å². The molecule has 1 atom stereocenters. The first-order valence-corrected chi connectivity index (χ1v) is 7.90. The zero-order chi connectivity index (χ0) is 16.2. The minimum Gasteiger partial charge on any atom is -0.484 e. The van der Waals surface area contributed by atoms with Gasteiger partial charge in [0.1, 0.15) is 5.75 Å². The number of ether oxygens (including phenoxy) is 1. The standard InChI is InChI=1S/C17H21N3O3/c1-12-6-3-4-8-15(12)22-11-16(21)20-9-5-7-14(10-20)17-18-13(2)19-23-17/h3-4,6,8,14H,5,7,9-11H2,1-2H3/t14-/m0/s1. The first-order chi connectivity index (χ1) is 11.1. The van der Waals surface area contributed by atoms with E-state index in [4.69, 9.17) is 9.26 Å². The van der Waals surface area contributed by atoms with Gasteiger partial charge >= 0.3 is 0 Å². The molecule has 2 aromatic rings. The zero-order valence-electron chi connectivity index (χ0n) is 13.5. The Morgan fingerprint density at radius 3 is 2.96 bits per heavy atom. The maximum atomic E-state index is 12.4. The van der Waals surface area contributed by atoms with Gasteiger partial charge in [0.2, 0.25) is 5.89 Å². The average molecular weight is 315 g/mol. The molecule has 0 spiro atoms. The number of hydrogen-bond acceptors (Lipinski definition) is 5. The van der Waals surface area contributed by atoms with Crippen molar-refractivity contribution < 1.29 is 14.1 Å². The highest BCUT2D eigenvalue weighted by Gasteiger charge is 2.28. The smallest absolute Gasteiger partial charge is 0.260 e. The van der Waals surface area contributed by atoms with Gasteiger partial charge in [0.05, 0.1) is 5.92 Å². The van der Waals surface area contributed by atoms with E-state index in [1.165, 1.54) is 0 Å². The molecule has 1 aromatic carbocycles. The summed E-state index contributed by atoms with van der Waals surface area (Å²) in [5.74, 6) is 2.12. The van der Waals surface area contributed by atoms with E-state index >= 15 is 0 Å². The van der Waals surface area contributed by atoms with E-state index in [9.17, 15) is 4.79 Å². The number of hydrogen-bond donors (Lipinski definition) is 0. The lowest BCUT2D eigenvalue weighted by atomic mass is 9.98. The van der Waals surface area contributed by atoms with Crippen molar-refractivity contribution in [2.24, 2.45) is 0 Å². The van der Waals surface area contributed by atoms with Crippen LogP contribution in [0.4, 0.5) is 0 Å². The number of para-hydroxylation sites is 1. The second-order valence-corrected chi connectivity index (χ2v) is 5.91. The number of likely N-dealkylation sites (tertiary alicyclic amines) is 1. The molecule has 1 aliphatic heterocycles. The van der Waals surface area contributed by atoms with Gasteiger partial charge in [-0.05, 0) is 38.3 Å². The largest absolute Gasteiger partial charge is 0.484 e. The predicted molar refractivity (Wildman–Crippen MR) is 84.3 cm³/mol. The van der Waals surface area contributed by atoms with Crippen molar-refractivity contribution in [3.05, 3.63) is 41.5 Å². The van der Waals surface area contributed by atoms with E-state index in [1.807, 2.05) is 36.1 Å². The topological polar surface area (TPSA) is 68.5 Å². The van der Waals surface area contributed by atoms with Crippen molar-refractivity contribution in [3.8, 4) is 5.75 Å². The Kier molecular flexibility index (Phi) is 4.60. The third-order valence-electron chi connectivity index (χ3n) is 4.11. The van der Waals surface area contributed by atoms with E-state index in [-0.39, 0.29) is 18.4 Å². The predicted octanol–water partition coefficient (Wildman–Crippen LogP) is 2.47. The molecular weight excluding hydrogens is 294 g/mol. The van der Waals surface area contributed by atoms with Gasteiger partial charge in [-0.15, -0.1) is 0 Å². The van der Waals surface area contributed by atoms with Gasteiger partial charge in [-0.1, -0.05) is 23.4 Å². The van der Waals surface area contributed by atoms with Crippen molar-refractivity contribution in [3.63, 3.8) is 0 Å². The van der Waals surface area contributed by atoms with Gasteiger partial charge in [0, 0.05) is 13.1 Å². The molecule has 0 bridgehead atoms. The van der Waals surface area contributed by atoms with E-state index in [0.29, 0.717) is 18.3 Å². The summed E-state index contributed by atoms with van der Waals surface area (Å²) in [6.07, 6.45) is 1.90. The molecule has 0 unspecified atom stereocenters. The molecule has 1 aromatic heterocycles.